The second kappa shape index (κ2) is 5.76. The highest BCUT2D eigenvalue weighted by molar-refractivity contribution is 5.41. The number of nitrogens with zero attached hydrogens (tertiary/aromatic N) is 6. The molecule has 0 radical (unpaired) electrons. The van der Waals surface area contributed by atoms with E-state index in [1.54, 1.807) is 0 Å². The molecule has 0 N–H and O–H groups in total. The van der Waals surface area contributed by atoms with Crippen LogP contribution in [0.3, 0.4) is 0 Å². The van der Waals surface area contributed by atoms with Gasteiger partial charge < -0.3 is 9.80 Å². The van der Waals surface area contributed by atoms with Crippen molar-refractivity contribution in [3.8, 4) is 0 Å². The van der Waals surface area contributed by atoms with Gasteiger partial charge in [0, 0.05) is 44.0 Å². The van der Waals surface area contributed by atoms with Crippen LogP contribution in [0.4, 0.5) is 11.8 Å². The predicted molar refractivity (Wildman–Crippen MR) is 89.5 cm³/mol. The van der Waals surface area contributed by atoms with E-state index < -0.39 is 0 Å². The first-order chi connectivity index (χ1) is 11.2. The maximum Gasteiger partial charge on any atom is 0.225 e. The van der Waals surface area contributed by atoms with Crippen molar-refractivity contribution in [3.05, 3.63) is 36.3 Å². The van der Waals surface area contributed by atoms with Crippen molar-refractivity contribution in [1.82, 2.24) is 20.2 Å². The molecule has 2 saturated heterocycles. The number of rotatable bonds is 2. The molecule has 2 aromatic heterocycles. The highest BCUT2D eigenvalue weighted by atomic mass is 15.3. The first-order valence-electron chi connectivity index (χ1n) is 8.31. The van der Waals surface area contributed by atoms with Crippen molar-refractivity contribution in [2.24, 2.45) is 5.41 Å². The third-order valence-electron chi connectivity index (χ3n) is 5.04. The van der Waals surface area contributed by atoms with E-state index in [0.717, 1.165) is 43.6 Å². The Kier molecular flexibility index (Phi) is 3.59. The third-order valence-corrected chi connectivity index (χ3v) is 5.04. The Morgan fingerprint density at radius 1 is 0.957 bits per heavy atom. The summed E-state index contributed by atoms with van der Waals surface area (Å²) >= 11 is 0. The third kappa shape index (κ3) is 2.85. The van der Waals surface area contributed by atoms with Crippen molar-refractivity contribution >= 4 is 11.8 Å². The molecular formula is C17H22N6. The number of aromatic nitrogens is 4. The summed E-state index contributed by atoms with van der Waals surface area (Å²) in [6.07, 6.45) is 7.32. The lowest BCUT2D eigenvalue weighted by Gasteiger charge is -2.40. The van der Waals surface area contributed by atoms with Crippen molar-refractivity contribution < 1.29 is 0 Å². The lowest BCUT2D eigenvalue weighted by atomic mass is 9.79. The molecule has 120 valence electrons. The van der Waals surface area contributed by atoms with E-state index in [4.69, 9.17) is 0 Å². The first-order valence-corrected chi connectivity index (χ1v) is 8.31. The summed E-state index contributed by atoms with van der Waals surface area (Å²) in [6, 6.07) is 6.00. The monoisotopic (exact) mass is 310 g/mol. The highest BCUT2D eigenvalue weighted by Gasteiger charge is 2.42. The second-order valence-electron chi connectivity index (χ2n) is 6.78. The smallest absolute Gasteiger partial charge is 0.225 e. The fraction of sp³-hybridized carbons (Fsp3) is 0.529. The summed E-state index contributed by atoms with van der Waals surface area (Å²) < 4.78 is 0. The van der Waals surface area contributed by atoms with Gasteiger partial charge in [0.2, 0.25) is 5.95 Å². The molecule has 6 heteroatoms. The quantitative estimate of drug-likeness (QED) is 0.846. The molecule has 2 aliphatic rings. The number of anilines is 2. The minimum absolute atomic E-state index is 0.323. The summed E-state index contributed by atoms with van der Waals surface area (Å²) in [6.45, 7) is 6.17. The molecule has 1 spiro atoms. The molecule has 4 rings (SSSR count). The summed E-state index contributed by atoms with van der Waals surface area (Å²) in [5.74, 6) is 1.86. The maximum atomic E-state index is 4.42. The Balaban J connectivity index is 1.50. The van der Waals surface area contributed by atoms with E-state index in [2.05, 4.69) is 36.0 Å². The lowest BCUT2D eigenvalue weighted by Crippen LogP contribution is -2.45. The largest absolute Gasteiger partial charge is 0.354 e. The first kappa shape index (κ1) is 14.4. The van der Waals surface area contributed by atoms with E-state index in [-0.39, 0.29) is 0 Å². The number of aryl methyl sites for hydroxylation is 1. The van der Waals surface area contributed by atoms with E-state index >= 15 is 0 Å². The van der Waals surface area contributed by atoms with Crippen LogP contribution in [0.1, 0.15) is 25.0 Å². The van der Waals surface area contributed by atoms with Crippen LogP contribution in [0.5, 0.6) is 0 Å². The average molecular weight is 310 g/mol. The van der Waals surface area contributed by atoms with E-state index in [0.29, 0.717) is 5.41 Å². The fourth-order valence-corrected chi connectivity index (χ4v) is 3.86. The van der Waals surface area contributed by atoms with Crippen LogP contribution in [0, 0.1) is 12.3 Å². The van der Waals surface area contributed by atoms with Crippen LogP contribution in [0.15, 0.2) is 30.6 Å². The van der Waals surface area contributed by atoms with Gasteiger partial charge in [0.1, 0.15) is 0 Å². The minimum Gasteiger partial charge on any atom is -0.354 e. The Hall–Kier alpha value is -2.24. The van der Waals surface area contributed by atoms with Gasteiger partial charge in [0.25, 0.3) is 0 Å². The van der Waals surface area contributed by atoms with Crippen molar-refractivity contribution in [1.29, 1.82) is 0 Å². The van der Waals surface area contributed by atoms with Crippen LogP contribution in [-0.2, 0) is 0 Å². The Morgan fingerprint density at radius 2 is 1.78 bits per heavy atom. The normalized spacial score (nSPS) is 24.4. The molecule has 2 aromatic rings. The average Bonchev–Trinajstić information content (AvgIpc) is 3.00. The lowest BCUT2D eigenvalue weighted by molar-refractivity contribution is 0.262. The van der Waals surface area contributed by atoms with Crippen LogP contribution in [0.2, 0.25) is 0 Å². The van der Waals surface area contributed by atoms with Crippen molar-refractivity contribution in [2.75, 3.05) is 36.0 Å². The molecule has 4 heterocycles. The topological polar surface area (TPSA) is 58.0 Å². The predicted octanol–water partition coefficient (Wildman–Crippen LogP) is 2.07. The second-order valence-corrected chi connectivity index (χ2v) is 6.78. The zero-order chi connectivity index (χ0) is 15.7. The summed E-state index contributed by atoms with van der Waals surface area (Å²) in [5, 5.41) is 8.55. The summed E-state index contributed by atoms with van der Waals surface area (Å²) in [4.78, 5) is 13.6. The molecular weight excluding hydrogens is 288 g/mol. The SMILES string of the molecule is Cc1ccc(N2CC[C@@]3(CCCN(c4ncccn4)C3)C2)nn1. The van der Waals surface area contributed by atoms with E-state index in [1.807, 2.05) is 31.5 Å². The highest BCUT2D eigenvalue weighted by Crippen LogP contribution is 2.40. The van der Waals surface area contributed by atoms with Gasteiger partial charge in [-0.1, -0.05) is 0 Å². The molecule has 2 aliphatic heterocycles. The standard InChI is InChI=1S/C17H22N6/c1-14-4-5-15(21-20-14)22-11-7-17(12-22)6-2-10-23(13-17)16-18-8-3-9-19-16/h3-5,8-9H,2,6-7,10-13H2,1H3/t17-/m0/s1. The van der Waals surface area contributed by atoms with Gasteiger partial charge in [-0.15, -0.1) is 5.10 Å². The van der Waals surface area contributed by atoms with Gasteiger partial charge in [0.05, 0.1) is 5.69 Å². The Morgan fingerprint density at radius 3 is 2.57 bits per heavy atom. The molecule has 6 nitrogen and oxygen atoms in total. The van der Waals surface area contributed by atoms with Gasteiger partial charge in [-0.2, -0.15) is 5.10 Å². The van der Waals surface area contributed by atoms with Crippen LogP contribution in [0.25, 0.3) is 0 Å². The van der Waals surface area contributed by atoms with Gasteiger partial charge in [0.15, 0.2) is 5.82 Å². The molecule has 1 atom stereocenters. The van der Waals surface area contributed by atoms with Crippen molar-refractivity contribution in [3.63, 3.8) is 0 Å². The fourth-order valence-electron chi connectivity index (χ4n) is 3.86. The van der Waals surface area contributed by atoms with Gasteiger partial charge in [-0.05, 0) is 44.4 Å². The van der Waals surface area contributed by atoms with Crippen LogP contribution in [-0.4, -0.2) is 46.3 Å². The maximum absolute atomic E-state index is 4.42. The Labute approximate surface area is 136 Å². The molecule has 0 aliphatic carbocycles. The van der Waals surface area contributed by atoms with Crippen molar-refractivity contribution in [2.45, 2.75) is 26.2 Å². The number of piperidine rings is 1. The number of hydrogen-bond acceptors (Lipinski definition) is 6. The molecule has 0 saturated carbocycles. The van der Waals surface area contributed by atoms with Gasteiger partial charge in [-0.3, -0.25) is 0 Å². The van der Waals surface area contributed by atoms with Crippen LogP contribution < -0.4 is 9.80 Å². The molecule has 0 aromatic carbocycles. The van der Waals surface area contributed by atoms with Crippen LogP contribution >= 0.6 is 0 Å². The summed E-state index contributed by atoms with van der Waals surface area (Å²) in [5.41, 5.74) is 1.29. The number of hydrogen-bond donors (Lipinski definition) is 0. The molecule has 0 amide bonds. The molecule has 0 unspecified atom stereocenters. The molecule has 0 bridgehead atoms. The molecule has 23 heavy (non-hydrogen) atoms. The molecule has 2 fully saturated rings. The van der Waals surface area contributed by atoms with E-state index in [9.17, 15) is 0 Å². The minimum atomic E-state index is 0.323. The summed E-state index contributed by atoms with van der Waals surface area (Å²) in [7, 11) is 0. The van der Waals surface area contributed by atoms with E-state index in [1.165, 1.54) is 19.3 Å². The van der Waals surface area contributed by atoms with Gasteiger partial charge >= 0.3 is 0 Å². The van der Waals surface area contributed by atoms with Gasteiger partial charge in [-0.25, -0.2) is 9.97 Å². The Bertz CT molecular complexity index is 659. The zero-order valence-corrected chi connectivity index (χ0v) is 13.5. The zero-order valence-electron chi connectivity index (χ0n) is 13.5.